The van der Waals surface area contributed by atoms with Crippen molar-refractivity contribution >= 4 is 63.5 Å². The van der Waals surface area contributed by atoms with Gasteiger partial charge in [0.25, 0.3) is 11.8 Å². The summed E-state index contributed by atoms with van der Waals surface area (Å²) in [5.41, 5.74) is 5.73. The van der Waals surface area contributed by atoms with E-state index in [9.17, 15) is 19.5 Å². The molecule has 4 N–H and O–H groups in total. The van der Waals surface area contributed by atoms with Crippen molar-refractivity contribution < 1.29 is 29.1 Å². The number of thiazole rings is 1. The van der Waals surface area contributed by atoms with E-state index in [-0.39, 0.29) is 22.2 Å². The number of carbonyl (C=O) groups is 3. The normalized spacial score (nSPS) is 25.4. The number of nitrogens with one attached hydrogen (secondary N) is 1. The van der Waals surface area contributed by atoms with Crippen LogP contribution >= 0.6 is 34.9 Å². The standard InChI is InChI=1S/C18H21N5O6S3/c1-28-22-11(9-6-32-18(19)20-9)14(24)21-12-15(25)23-13(17(26)27)10(7-31-16(12)23)30-5-8-2-3-29-4-8/h6,8,12,16H,2-5,7H2,1H3,(H2,19,20)(H,21,24)(H,26,27)/b22-11-/t8?,12?,16-/m1/s1. The fourth-order valence-electron chi connectivity index (χ4n) is 3.54. The lowest BCUT2D eigenvalue weighted by atomic mass is 10.0. The van der Waals surface area contributed by atoms with Gasteiger partial charge in [0.15, 0.2) is 10.8 Å². The number of carboxylic acids is 1. The molecule has 0 aromatic carbocycles. The van der Waals surface area contributed by atoms with Gasteiger partial charge in [-0.2, -0.15) is 0 Å². The number of thioether (sulfide) groups is 2. The lowest BCUT2D eigenvalue weighted by Gasteiger charge is -2.49. The van der Waals surface area contributed by atoms with Crippen molar-refractivity contribution in [3.63, 3.8) is 0 Å². The number of ether oxygens (including phenoxy) is 1. The number of carboxylic acid groups (broad SMARTS) is 1. The van der Waals surface area contributed by atoms with Gasteiger partial charge in [-0.25, -0.2) is 9.78 Å². The smallest absolute Gasteiger partial charge is 0.353 e. The number of fused-ring (bicyclic) bond motifs is 1. The highest BCUT2D eigenvalue weighted by Crippen LogP contribution is 2.44. The maximum atomic E-state index is 12.8. The second-order valence-corrected chi connectivity index (χ2v) is 10.3. The molecule has 1 aromatic heterocycles. The number of nitrogen functional groups attached to an aromatic ring is 1. The Balaban J connectivity index is 1.46. The number of aliphatic carboxylic acids is 1. The minimum absolute atomic E-state index is 0.00813. The average Bonchev–Trinajstić information content (AvgIpc) is 3.45. The van der Waals surface area contributed by atoms with Crippen molar-refractivity contribution in [1.29, 1.82) is 0 Å². The van der Waals surface area contributed by atoms with Gasteiger partial charge < -0.3 is 25.7 Å². The van der Waals surface area contributed by atoms with Crippen molar-refractivity contribution in [3.05, 3.63) is 21.7 Å². The van der Waals surface area contributed by atoms with Gasteiger partial charge in [-0.05, 0) is 12.3 Å². The van der Waals surface area contributed by atoms with Crippen LogP contribution in [-0.2, 0) is 24.0 Å². The number of carbonyl (C=O) groups excluding carboxylic acids is 2. The number of nitrogens with zero attached hydrogens (tertiary/aromatic N) is 3. The summed E-state index contributed by atoms with van der Waals surface area (Å²) in [7, 11) is 1.29. The Morgan fingerprint density at radius 1 is 1.53 bits per heavy atom. The van der Waals surface area contributed by atoms with E-state index >= 15 is 0 Å². The van der Waals surface area contributed by atoms with Crippen molar-refractivity contribution in [3.8, 4) is 0 Å². The number of oxime groups is 1. The zero-order chi connectivity index (χ0) is 22.8. The number of hydrogen-bond donors (Lipinski definition) is 3. The fraction of sp³-hybridized carbons (Fsp3) is 0.500. The molecule has 0 bridgehead atoms. The summed E-state index contributed by atoms with van der Waals surface area (Å²) in [6.07, 6.45) is 0.950. The summed E-state index contributed by atoms with van der Waals surface area (Å²) < 4.78 is 5.37. The fourth-order valence-corrected chi connectivity index (χ4v) is 6.84. The second kappa shape index (κ2) is 9.68. The minimum Gasteiger partial charge on any atom is -0.477 e. The summed E-state index contributed by atoms with van der Waals surface area (Å²) >= 11 is 4.02. The van der Waals surface area contributed by atoms with Crippen LogP contribution < -0.4 is 11.1 Å². The van der Waals surface area contributed by atoms with Gasteiger partial charge in [-0.15, -0.1) is 34.9 Å². The zero-order valence-corrected chi connectivity index (χ0v) is 19.4. The number of nitrogens with two attached hydrogens (primary N) is 1. The van der Waals surface area contributed by atoms with Crippen LogP contribution in [-0.4, -0.2) is 81.7 Å². The molecule has 1 aromatic rings. The Kier molecular flexibility index (Phi) is 6.93. The van der Waals surface area contributed by atoms with Crippen molar-refractivity contribution in [2.24, 2.45) is 11.1 Å². The molecular weight excluding hydrogens is 478 g/mol. The van der Waals surface area contributed by atoms with Gasteiger partial charge in [0.05, 0.1) is 6.61 Å². The van der Waals surface area contributed by atoms with E-state index in [0.29, 0.717) is 23.2 Å². The molecule has 2 amide bonds. The lowest BCUT2D eigenvalue weighted by molar-refractivity contribution is -0.150. The number of aromatic nitrogens is 1. The van der Waals surface area contributed by atoms with Crippen LogP contribution in [0.25, 0.3) is 0 Å². The molecule has 2 unspecified atom stereocenters. The summed E-state index contributed by atoms with van der Waals surface area (Å²) in [5.74, 6) is -0.723. The van der Waals surface area contributed by atoms with Gasteiger partial charge in [0, 0.05) is 28.4 Å². The summed E-state index contributed by atoms with van der Waals surface area (Å²) in [4.78, 5) is 48.3. The first-order valence-electron chi connectivity index (χ1n) is 9.65. The maximum absolute atomic E-state index is 12.8. The molecule has 3 aliphatic heterocycles. The Labute approximate surface area is 195 Å². The molecule has 2 saturated heterocycles. The Morgan fingerprint density at radius 2 is 2.34 bits per heavy atom. The number of β-lactam (4-membered cyclic amide) rings is 1. The molecule has 4 rings (SSSR count). The predicted molar refractivity (Wildman–Crippen MR) is 121 cm³/mol. The number of rotatable bonds is 8. The monoisotopic (exact) mass is 499 g/mol. The van der Waals surface area contributed by atoms with E-state index in [2.05, 4.69) is 15.5 Å². The first-order chi connectivity index (χ1) is 15.4. The zero-order valence-electron chi connectivity index (χ0n) is 17.0. The molecule has 14 heteroatoms. The molecule has 3 atom stereocenters. The highest BCUT2D eigenvalue weighted by molar-refractivity contribution is 8.06. The van der Waals surface area contributed by atoms with Crippen LogP contribution in [0.4, 0.5) is 5.13 Å². The first kappa shape index (κ1) is 22.9. The largest absolute Gasteiger partial charge is 0.477 e. The quantitative estimate of drug-likeness (QED) is 0.262. The van der Waals surface area contributed by atoms with Crippen LogP contribution in [0, 0.1) is 5.92 Å². The Morgan fingerprint density at radius 3 is 2.97 bits per heavy atom. The Bertz CT molecular complexity index is 990. The second-order valence-electron chi connectivity index (χ2n) is 7.17. The van der Waals surface area contributed by atoms with E-state index < -0.39 is 29.2 Å². The highest BCUT2D eigenvalue weighted by Gasteiger charge is 2.54. The van der Waals surface area contributed by atoms with Crippen LogP contribution in [0.3, 0.4) is 0 Å². The van der Waals surface area contributed by atoms with Crippen molar-refractivity contribution in [1.82, 2.24) is 15.2 Å². The van der Waals surface area contributed by atoms with E-state index in [1.54, 1.807) is 5.38 Å². The van der Waals surface area contributed by atoms with Crippen molar-refractivity contribution in [2.45, 2.75) is 17.8 Å². The van der Waals surface area contributed by atoms with Gasteiger partial charge in [-0.3, -0.25) is 14.5 Å². The third kappa shape index (κ3) is 4.44. The van der Waals surface area contributed by atoms with Gasteiger partial charge in [0.2, 0.25) is 0 Å². The summed E-state index contributed by atoms with van der Waals surface area (Å²) in [5, 5.41) is 17.4. The molecule has 0 aliphatic carbocycles. The molecular formula is C18H21N5O6S3. The molecule has 4 heterocycles. The lowest BCUT2D eigenvalue weighted by Crippen LogP contribution is -2.71. The van der Waals surface area contributed by atoms with E-state index in [0.717, 1.165) is 30.1 Å². The summed E-state index contributed by atoms with van der Waals surface area (Å²) in [6, 6.07) is -0.880. The van der Waals surface area contributed by atoms with E-state index in [1.807, 2.05) is 0 Å². The number of anilines is 1. The topological polar surface area (TPSA) is 156 Å². The van der Waals surface area contributed by atoms with Crippen LogP contribution in [0.2, 0.25) is 0 Å². The third-order valence-electron chi connectivity index (χ3n) is 5.10. The highest BCUT2D eigenvalue weighted by atomic mass is 32.2. The molecule has 11 nitrogen and oxygen atoms in total. The molecule has 0 saturated carbocycles. The van der Waals surface area contributed by atoms with Gasteiger partial charge in [0.1, 0.15) is 29.9 Å². The van der Waals surface area contributed by atoms with Crippen LogP contribution in [0.1, 0.15) is 12.1 Å². The van der Waals surface area contributed by atoms with E-state index in [1.165, 1.54) is 35.5 Å². The molecule has 172 valence electrons. The van der Waals surface area contributed by atoms with Crippen LogP contribution in [0.15, 0.2) is 21.1 Å². The first-order valence-corrected chi connectivity index (χ1v) is 12.6. The molecule has 0 spiro atoms. The van der Waals surface area contributed by atoms with Crippen LogP contribution in [0.5, 0.6) is 0 Å². The van der Waals surface area contributed by atoms with Gasteiger partial charge in [-0.1, -0.05) is 5.16 Å². The Hall–Kier alpha value is -2.29. The molecule has 32 heavy (non-hydrogen) atoms. The third-order valence-corrected chi connectivity index (χ3v) is 8.56. The average molecular weight is 500 g/mol. The molecule has 3 aliphatic rings. The number of hydrogen-bond acceptors (Lipinski definition) is 11. The van der Waals surface area contributed by atoms with E-state index in [4.69, 9.17) is 15.3 Å². The SMILES string of the molecule is CO/N=C(\C(=O)NC1C(=O)N2C(C(=O)O)=C(SCC3CCOC3)CS[C@H]12)c1csc(N)n1. The predicted octanol–water partition coefficient (Wildman–Crippen LogP) is 0.542. The van der Waals surface area contributed by atoms with Crippen molar-refractivity contribution in [2.75, 3.05) is 37.6 Å². The minimum atomic E-state index is -1.15. The number of amides is 2. The van der Waals surface area contributed by atoms with Gasteiger partial charge >= 0.3 is 5.97 Å². The molecule has 2 fully saturated rings. The summed E-state index contributed by atoms with van der Waals surface area (Å²) in [6.45, 7) is 1.39. The maximum Gasteiger partial charge on any atom is 0.353 e. The molecule has 0 radical (unpaired) electrons.